The molecular formula is C19H14ClN3. The summed E-state index contributed by atoms with van der Waals surface area (Å²) < 4.78 is 0. The summed E-state index contributed by atoms with van der Waals surface area (Å²) in [6.07, 6.45) is 3.63. The second kappa shape index (κ2) is 5.52. The Morgan fingerprint density at radius 1 is 0.957 bits per heavy atom. The Labute approximate surface area is 139 Å². The van der Waals surface area contributed by atoms with Crippen LogP contribution in [0.15, 0.2) is 60.9 Å². The minimum atomic E-state index is 0.706. The maximum absolute atomic E-state index is 6.15. The summed E-state index contributed by atoms with van der Waals surface area (Å²) >= 11 is 6.15. The number of nitrogens with zero attached hydrogens (tertiary/aromatic N) is 2. The first-order valence-electron chi connectivity index (χ1n) is 7.38. The largest absolute Gasteiger partial charge is 0.339 e. The normalized spacial score (nSPS) is 11.0. The van der Waals surface area contributed by atoms with Gasteiger partial charge in [0, 0.05) is 33.9 Å². The average molecular weight is 320 g/mol. The molecule has 0 saturated heterocycles. The lowest BCUT2D eigenvalue weighted by molar-refractivity contribution is 1.33. The predicted octanol–water partition coefficient (Wildman–Crippen LogP) is 5.49. The molecule has 4 rings (SSSR count). The van der Waals surface area contributed by atoms with E-state index in [-0.39, 0.29) is 0 Å². The zero-order valence-electron chi connectivity index (χ0n) is 12.5. The summed E-state index contributed by atoms with van der Waals surface area (Å²) in [7, 11) is 0. The molecule has 4 heteroatoms. The number of para-hydroxylation sites is 1. The summed E-state index contributed by atoms with van der Waals surface area (Å²) in [5.41, 5.74) is 3.12. The van der Waals surface area contributed by atoms with Gasteiger partial charge in [0.05, 0.1) is 5.52 Å². The Balaban J connectivity index is 1.98. The van der Waals surface area contributed by atoms with Crippen LogP contribution in [-0.2, 0) is 0 Å². The van der Waals surface area contributed by atoms with E-state index in [4.69, 9.17) is 16.6 Å². The second-order valence-electron chi connectivity index (χ2n) is 5.48. The van der Waals surface area contributed by atoms with E-state index in [0.717, 1.165) is 33.2 Å². The Morgan fingerprint density at radius 3 is 2.70 bits per heavy atom. The molecule has 2 heterocycles. The van der Waals surface area contributed by atoms with Crippen LogP contribution < -0.4 is 5.32 Å². The molecule has 0 bridgehead atoms. The molecule has 4 aromatic rings. The third-order valence-corrected chi connectivity index (χ3v) is 4.19. The Kier molecular flexibility index (Phi) is 3.36. The minimum absolute atomic E-state index is 0.706. The molecule has 0 fully saturated rings. The van der Waals surface area contributed by atoms with Crippen LogP contribution in [0, 0.1) is 6.92 Å². The van der Waals surface area contributed by atoms with Gasteiger partial charge in [0.25, 0.3) is 0 Å². The van der Waals surface area contributed by atoms with E-state index in [1.54, 1.807) is 6.20 Å². The third kappa shape index (κ3) is 2.49. The van der Waals surface area contributed by atoms with Gasteiger partial charge < -0.3 is 5.32 Å². The first kappa shape index (κ1) is 14.0. The number of anilines is 2. The molecule has 3 nitrogen and oxygen atoms in total. The maximum atomic E-state index is 6.15. The number of fused-ring (bicyclic) bond motifs is 3. The van der Waals surface area contributed by atoms with Gasteiger partial charge >= 0.3 is 0 Å². The van der Waals surface area contributed by atoms with Crippen LogP contribution in [0.2, 0.25) is 5.02 Å². The van der Waals surface area contributed by atoms with E-state index >= 15 is 0 Å². The lowest BCUT2D eigenvalue weighted by Gasteiger charge is -2.13. The van der Waals surface area contributed by atoms with Crippen LogP contribution in [0.5, 0.6) is 0 Å². The van der Waals surface area contributed by atoms with Gasteiger partial charge in [0.1, 0.15) is 5.82 Å². The second-order valence-corrected chi connectivity index (χ2v) is 5.92. The van der Waals surface area contributed by atoms with Crippen LogP contribution in [0.4, 0.5) is 11.5 Å². The summed E-state index contributed by atoms with van der Waals surface area (Å²) in [4.78, 5) is 9.02. The monoisotopic (exact) mass is 319 g/mol. The Bertz CT molecular complexity index is 1030. The number of halogens is 1. The molecule has 0 aliphatic rings. The fraction of sp³-hybridized carbons (Fsp3) is 0.0526. The molecule has 0 amide bonds. The van der Waals surface area contributed by atoms with Gasteiger partial charge in [-0.2, -0.15) is 0 Å². The molecule has 23 heavy (non-hydrogen) atoms. The van der Waals surface area contributed by atoms with Crippen LogP contribution in [0.1, 0.15) is 5.56 Å². The summed E-state index contributed by atoms with van der Waals surface area (Å²) in [5.74, 6) is 0.803. The minimum Gasteiger partial charge on any atom is -0.339 e. The number of pyridine rings is 2. The van der Waals surface area contributed by atoms with E-state index in [2.05, 4.69) is 23.3 Å². The van der Waals surface area contributed by atoms with Gasteiger partial charge in [-0.15, -0.1) is 0 Å². The van der Waals surface area contributed by atoms with E-state index in [1.165, 1.54) is 5.56 Å². The van der Waals surface area contributed by atoms with E-state index in [9.17, 15) is 0 Å². The molecule has 0 aliphatic heterocycles. The summed E-state index contributed by atoms with van der Waals surface area (Å²) in [6, 6.07) is 15.9. The van der Waals surface area contributed by atoms with Gasteiger partial charge in [-0.25, -0.2) is 4.98 Å². The molecule has 2 aromatic heterocycles. The predicted molar refractivity (Wildman–Crippen MR) is 96.5 cm³/mol. The molecule has 0 atom stereocenters. The van der Waals surface area contributed by atoms with Crippen molar-refractivity contribution in [2.24, 2.45) is 0 Å². The SMILES string of the molecule is Cc1ccccc1Nc1nc2ccc(Cl)cc2c2ccncc12. The first-order valence-corrected chi connectivity index (χ1v) is 7.76. The van der Waals surface area contributed by atoms with Crippen LogP contribution in [0.3, 0.4) is 0 Å². The van der Waals surface area contributed by atoms with Crippen molar-refractivity contribution in [3.8, 4) is 0 Å². The third-order valence-electron chi connectivity index (χ3n) is 3.96. The van der Waals surface area contributed by atoms with E-state index < -0.39 is 0 Å². The maximum Gasteiger partial charge on any atom is 0.140 e. The van der Waals surface area contributed by atoms with Gasteiger partial charge in [-0.1, -0.05) is 29.8 Å². The highest BCUT2D eigenvalue weighted by Crippen LogP contribution is 2.32. The molecule has 0 saturated carbocycles. The number of aromatic nitrogens is 2. The zero-order valence-corrected chi connectivity index (χ0v) is 13.3. The van der Waals surface area contributed by atoms with Gasteiger partial charge in [0.15, 0.2) is 0 Å². The summed E-state index contributed by atoms with van der Waals surface area (Å²) in [6.45, 7) is 2.07. The molecule has 112 valence electrons. The number of aryl methyl sites for hydroxylation is 1. The quantitative estimate of drug-likeness (QED) is 0.496. The first-order chi connectivity index (χ1) is 11.2. The molecule has 1 N–H and O–H groups in total. The average Bonchev–Trinajstić information content (AvgIpc) is 2.57. The Morgan fingerprint density at radius 2 is 1.83 bits per heavy atom. The van der Waals surface area contributed by atoms with E-state index in [1.807, 2.05) is 48.7 Å². The van der Waals surface area contributed by atoms with Gasteiger partial charge in [-0.05, 0) is 48.2 Å². The Hall–Kier alpha value is -2.65. The van der Waals surface area contributed by atoms with Crippen molar-refractivity contribution in [2.45, 2.75) is 6.92 Å². The summed E-state index contributed by atoms with van der Waals surface area (Å²) in [5, 5.41) is 7.24. The van der Waals surface area contributed by atoms with E-state index in [0.29, 0.717) is 5.02 Å². The number of hydrogen-bond acceptors (Lipinski definition) is 3. The van der Waals surface area contributed by atoms with Crippen molar-refractivity contribution in [1.82, 2.24) is 9.97 Å². The zero-order chi connectivity index (χ0) is 15.8. The number of hydrogen-bond donors (Lipinski definition) is 1. The smallest absolute Gasteiger partial charge is 0.140 e. The molecule has 0 unspecified atom stereocenters. The lowest BCUT2D eigenvalue weighted by atomic mass is 10.1. The number of rotatable bonds is 2. The molecular weight excluding hydrogens is 306 g/mol. The fourth-order valence-electron chi connectivity index (χ4n) is 2.76. The fourth-order valence-corrected chi connectivity index (χ4v) is 2.93. The highest BCUT2D eigenvalue weighted by Gasteiger charge is 2.10. The van der Waals surface area contributed by atoms with Crippen molar-refractivity contribution in [1.29, 1.82) is 0 Å². The molecule has 0 aliphatic carbocycles. The highest BCUT2D eigenvalue weighted by molar-refractivity contribution is 6.31. The topological polar surface area (TPSA) is 37.8 Å². The molecule has 2 aromatic carbocycles. The van der Waals surface area contributed by atoms with Crippen LogP contribution in [0.25, 0.3) is 21.7 Å². The van der Waals surface area contributed by atoms with Crippen molar-refractivity contribution >= 4 is 44.8 Å². The number of benzene rings is 2. The standard InChI is InChI=1S/C19H14ClN3/c1-12-4-2-3-5-17(12)22-19-16-11-21-9-8-14(16)15-10-13(20)6-7-18(15)23-19/h2-11H,1H3,(H,22,23). The van der Waals surface area contributed by atoms with Gasteiger partial charge in [-0.3, -0.25) is 4.98 Å². The molecule has 0 spiro atoms. The highest BCUT2D eigenvalue weighted by atomic mass is 35.5. The number of nitrogens with one attached hydrogen (secondary N) is 1. The van der Waals surface area contributed by atoms with Crippen molar-refractivity contribution in [2.75, 3.05) is 5.32 Å². The van der Waals surface area contributed by atoms with Crippen molar-refractivity contribution < 1.29 is 0 Å². The van der Waals surface area contributed by atoms with Gasteiger partial charge in [0.2, 0.25) is 0 Å². The van der Waals surface area contributed by atoms with Crippen LogP contribution in [-0.4, -0.2) is 9.97 Å². The lowest BCUT2D eigenvalue weighted by Crippen LogP contribution is -1.98. The van der Waals surface area contributed by atoms with Crippen molar-refractivity contribution in [3.05, 3.63) is 71.5 Å². The molecule has 0 radical (unpaired) electrons. The van der Waals surface area contributed by atoms with Crippen molar-refractivity contribution in [3.63, 3.8) is 0 Å². The van der Waals surface area contributed by atoms with Crippen LogP contribution >= 0.6 is 11.6 Å².